The van der Waals surface area contributed by atoms with Crippen LogP contribution < -0.4 is 15.2 Å². The lowest BCUT2D eigenvalue weighted by molar-refractivity contribution is -0.118. The molecular weight excluding hydrogens is 296 g/mol. The number of benzene rings is 1. The third-order valence-corrected chi connectivity index (χ3v) is 3.80. The van der Waals surface area contributed by atoms with Crippen LogP contribution in [0.5, 0.6) is 5.75 Å². The summed E-state index contributed by atoms with van der Waals surface area (Å²) in [6.45, 7) is 0.175. The molecule has 9 heteroatoms. The lowest BCUT2D eigenvalue weighted by Gasteiger charge is -2.08. The van der Waals surface area contributed by atoms with Crippen LogP contribution in [0.1, 0.15) is 6.42 Å². The number of nitrogens with one attached hydrogen (secondary N) is 2. The van der Waals surface area contributed by atoms with Gasteiger partial charge in [0.1, 0.15) is 5.75 Å². The molecule has 0 bridgehead atoms. The minimum atomic E-state index is -3.68. The van der Waals surface area contributed by atoms with Crippen LogP contribution in [0, 0.1) is 0 Å². The number of carbonyl (C=O) groups is 1. The van der Waals surface area contributed by atoms with Crippen molar-refractivity contribution in [3.8, 4) is 5.75 Å². The molecule has 1 aromatic carbocycles. The maximum absolute atomic E-state index is 11.9. The largest absolute Gasteiger partial charge is 0.493 e. The van der Waals surface area contributed by atoms with Crippen molar-refractivity contribution in [2.24, 2.45) is 5.73 Å². The number of hydrogen-bond donors (Lipinski definition) is 3. The van der Waals surface area contributed by atoms with Crippen LogP contribution in [0.2, 0.25) is 0 Å². The maximum atomic E-state index is 11.9. The molecule has 2 rings (SSSR count). The van der Waals surface area contributed by atoms with Crippen LogP contribution in [-0.2, 0) is 14.8 Å². The van der Waals surface area contributed by atoms with Crippen molar-refractivity contribution in [2.45, 2.75) is 11.4 Å². The Morgan fingerprint density at radius 2 is 2.00 bits per heavy atom. The van der Waals surface area contributed by atoms with Gasteiger partial charge in [0.25, 0.3) is 10.0 Å². The molecule has 1 aromatic heterocycles. The van der Waals surface area contributed by atoms with Gasteiger partial charge in [0, 0.05) is 5.69 Å². The van der Waals surface area contributed by atoms with Gasteiger partial charge in [-0.1, -0.05) is 0 Å². The zero-order valence-electron chi connectivity index (χ0n) is 10.9. The fourth-order valence-electron chi connectivity index (χ4n) is 1.49. The molecule has 0 atom stereocenters. The van der Waals surface area contributed by atoms with Gasteiger partial charge in [0.2, 0.25) is 5.91 Å². The smallest absolute Gasteiger partial charge is 0.278 e. The molecule has 0 radical (unpaired) electrons. The van der Waals surface area contributed by atoms with Crippen molar-refractivity contribution >= 4 is 21.6 Å². The second kappa shape index (κ2) is 6.27. The van der Waals surface area contributed by atoms with Gasteiger partial charge in [-0.3, -0.25) is 14.6 Å². The fourth-order valence-corrected chi connectivity index (χ4v) is 2.46. The number of primary amides is 1. The van der Waals surface area contributed by atoms with Crippen LogP contribution in [-0.4, -0.2) is 31.1 Å². The van der Waals surface area contributed by atoms with Gasteiger partial charge in [-0.15, -0.1) is 0 Å². The van der Waals surface area contributed by atoms with Crippen LogP contribution in [0.4, 0.5) is 5.69 Å². The monoisotopic (exact) mass is 310 g/mol. The first-order valence-electron chi connectivity index (χ1n) is 6.01. The summed E-state index contributed by atoms with van der Waals surface area (Å²) in [5.41, 5.74) is 5.37. The molecule has 0 fully saturated rings. The summed E-state index contributed by atoms with van der Waals surface area (Å²) >= 11 is 0. The Labute approximate surface area is 121 Å². The van der Waals surface area contributed by atoms with E-state index < -0.39 is 15.9 Å². The van der Waals surface area contributed by atoms with Crippen molar-refractivity contribution in [3.05, 3.63) is 36.5 Å². The zero-order chi connectivity index (χ0) is 15.3. The van der Waals surface area contributed by atoms with E-state index in [4.69, 9.17) is 10.5 Å². The molecule has 8 nitrogen and oxygen atoms in total. The average molecular weight is 310 g/mol. The number of ether oxygens (including phenoxy) is 1. The van der Waals surface area contributed by atoms with Crippen molar-refractivity contribution in [3.63, 3.8) is 0 Å². The Bertz CT molecular complexity index is 695. The van der Waals surface area contributed by atoms with E-state index in [-0.39, 0.29) is 18.1 Å². The number of H-pyrrole nitrogens is 1. The number of sulfonamides is 1. The molecule has 21 heavy (non-hydrogen) atoms. The van der Waals surface area contributed by atoms with E-state index in [1.54, 1.807) is 24.3 Å². The number of hydrogen-bond acceptors (Lipinski definition) is 5. The van der Waals surface area contributed by atoms with Crippen LogP contribution in [0.15, 0.2) is 41.6 Å². The SMILES string of the molecule is NC(=O)CCOc1ccc(NS(=O)(=O)c2ccn[nH]2)cc1. The Morgan fingerprint density at radius 3 is 2.57 bits per heavy atom. The molecule has 0 aliphatic carbocycles. The number of nitrogens with two attached hydrogens (primary N) is 1. The summed E-state index contributed by atoms with van der Waals surface area (Å²) in [6, 6.07) is 7.63. The second-order valence-electron chi connectivity index (χ2n) is 4.12. The van der Waals surface area contributed by atoms with E-state index >= 15 is 0 Å². The Morgan fingerprint density at radius 1 is 1.29 bits per heavy atom. The van der Waals surface area contributed by atoms with Gasteiger partial charge in [-0.25, -0.2) is 0 Å². The maximum Gasteiger partial charge on any atom is 0.278 e. The molecule has 0 aliphatic heterocycles. The average Bonchev–Trinajstić information content (AvgIpc) is 2.95. The van der Waals surface area contributed by atoms with Gasteiger partial charge in [0.15, 0.2) is 5.03 Å². The lowest BCUT2D eigenvalue weighted by atomic mass is 10.3. The standard InChI is InChI=1S/C12H14N4O4S/c13-11(17)6-8-20-10-3-1-9(2-4-10)16-21(18,19)12-5-7-14-15-12/h1-5,7,16H,6,8H2,(H2,13,17)(H,14,15). The van der Waals surface area contributed by atoms with Crippen LogP contribution >= 0.6 is 0 Å². The molecule has 2 aromatic rings. The third kappa shape index (κ3) is 4.21. The predicted molar refractivity (Wildman–Crippen MR) is 75.1 cm³/mol. The second-order valence-corrected chi connectivity index (χ2v) is 5.77. The highest BCUT2D eigenvalue weighted by molar-refractivity contribution is 7.92. The van der Waals surface area contributed by atoms with Gasteiger partial charge < -0.3 is 10.5 Å². The summed E-state index contributed by atoms with van der Waals surface area (Å²) in [7, 11) is -3.68. The number of aromatic nitrogens is 2. The van der Waals surface area contributed by atoms with Crippen molar-refractivity contribution in [1.82, 2.24) is 10.2 Å². The molecule has 1 amide bonds. The van der Waals surface area contributed by atoms with Crippen molar-refractivity contribution in [2.75, 3.05) is 11.3 Å². The van der Waals surface area contributed by atoms with Crippen LogP contribution in [0.3, 0.4) is 0 Å². The molecular formula is C12H14N4O4S. The number of rotatable bonds is 7. The minimum Gasteiger partial charge on any atom is -0.493 e. The number of amides is 1. The van der Waals surface area contributed by atoms with E-state index in [0.29, 0.717) is 11.4 Å². The van der Waals surface area contributed by atoms with Gasteiger partial charge in [-0.2, -0.15) is 13.5 Å². The summed E-state index contributed by atoms with van der Waals surface area (Å²) in [6.07, 6.45) is 1.47. The third-order valence-electron chi connectivity index (χ3n) is 2.49. The Kier molecular flexibility index (Phi) is 4.43. The summed E-state index contributed by atoms with van der Waals surface area (Å²) < 4.78 is 31.5. The normalized spacial score (nSPS) is 11.0. The summed E-state index contributed by atoms with van der Waals surface area (Å²) in [5, 5.41) is 5.95. The first-order chi connectivity index (χ1) is 9.97. The fraction of sp³-hybridized carbons (Fsp3) is 0.167. The molecule has 0 saturated carbocycles. The molecule has 112 valence electrons. The van der Waals surface area contributed by atoms with E-state index in [1.165, 1.54) is 12.3 Å². The Balaban J connectivity index is 1.98. The number of aromatic amines is 1. The summed E-state index contributed by atoms with van der Waals surface area (Å²) in [4.78, 5) is 10.6. The lowest BCUT2D eigenvalue weighted by Crippen LogP contribution is -2.14. The van der Waals surface area contributed by atoms with E-state index in [0.717, 1.165) is 0 Å². The van der Waals surface area contributed by atoms with E-state index in [9.17, 15) is 13.2 Å². The number of carbonyl (C=O) groups excluding carboxylic acids is 1. The van der Waals surface area contributed by atoms with E-state index in [2.05, 4.69) is 14.9 Å². The number of nitrogens with zero attached hydrogens (tertiary/aromatic N) is 1. The van der Waals surface area contributed by atoms with Gasteiger partial charge in [0.05, 0.1) is 19.2 Å². The molecule has 0 spiro atoms. The zero-order valence-corrected chi connectivity index (χ0v) is 11.8. The van der Waals surface area contributed by atoms with Crippen molar-refractivity contribution in [1.29, 1.82) is 0 Å². The van der Waals surface area contributed by atoms with E-state index in [1.807, 2.05) is 0 Å². The Hall–Kier alpha value is -2.55. The van der Waals surface area contributed by atoms with Gasteiger partial charge >= 0.3 is 0 Å². The van der Waals surface area contributed by atoms with Crippen molar-refractivity contribution < 1.29 is 17.9 Å². The topological polar surface area (TPSA) is 127 Å². The highest BCUT2D eigenvalue weighted by Crippen LogP contribution is 2.18. The van der Waals surface area contributed by atoms with Crippen LogP contribution in [0.25, 0.3) is 0 Å². The molecule has 1 heterocycles. The molecule has 0 saturated heterocycles. The molecule has 0 aliphatic rings. The predicted octanol–water partition coefficient (Wildman–Crippen LogP) is 0.465. The molecule has 0 unspecified atom stereocenters. The highest BCUT2D eigenvalue weighted by Gasteiger charge is 2.15. The summed E-state index contributed by atoms with van der Waals surface area (Å²) in [5.74, 6) is 0.0691. The highest BCUT2D eigenvalue weighted by atomic mass is 32.2. The van der Waals surface area contributed by atoms with Gasteiger partial charge in [-0.05, 0) is 30.3 Å². The molecule has 4 N–H and O–H groups in total. The first kappa shape index (κ1) is 14.9. The minimum absolute atomic E-state index is 0.0238. The number of anilines is 1. The quantitative estimate of drug-likeness (QED) is 0.685. The first-order valence-corrected chi connectivity index (χ1v) is 7.49.